The van der Waals surface area contributed by atoms with E-state index >= 15 is 0 Å². The molecule has 0 aromatic heterocycles. The molecule has 26 heavy (non-hydrogen) atoms. The van der Waals surface area contributed by atoms with Gasteiger partial charge in [-0.2, -0.15) is 0 Å². The van der Waals surface area contributed by atoms with Gasteiger partial charge in [-0.3, -0.25) is 4.79 Å². The Balaban J connectivity index is 1.89. The molecule has 2 aromatic rings. The highest BCUT2D eigenvalue weighted by Crippen LogP contribution is 2.38. The highest BCUT2D eigenvalue weighted by molar-refractivity contribution is 9.10. The first-order valence-corrected chi connectivity index (χ1v) is 8.92. The number of hydrogen-bond acceptors (Lipinski definition) is 5. The largest absolute Gasteiger partial charge is 0.493 e. The number of methoxy groups -OCH3 is 3. The fourth-order valence-electron chi connectivity index (χ4n) is 2.44. The van der Waals surface area contributed by atoms with Crippen LogP contribution in [0.4, 0.5) is 0 Å². The van der Waals surface area contributed by atoms with Gasteiger partial charge in [0.2, 0.25) is 5.75 Å². The Morgan fingerprint density at radius 3 is 2.23 bits per heavy atom. The molecule has 2 rings (SSSR count). The van der Waals surface area contributed by atoms with Gasteiger partial charge in [-0.25, -0.2) is 0 Å². The smallest absolute Gasteiger partial charge is 0.251 e. The zero-order valence-corrected chi connectivity index (χ0v) is 16.7. The fraction of sp³-hybridized carbons (Fsp3) is 0.316. The minimum Gasteiger partial charge on any atom is -0.493 e. The molecule has 0 heterocycles. The van der Waals surface area contributed by atoms with E-state index in [2.05, 4.69) is 26.6 Å². The zero-order chi connectivity index (χ0) is 18.9. The summed E-state index contributed by atoms with van der Waals surface area (Å²) in [5.41, 5.74) is 1.62. The van der Waals surface area contributed by atoms with Crippen LogP contribution in [-0.4, -0.2) is 40.3 Å². The molecule has 0 saturated carbocycles. The lowest BCUT2D eigenvalue weighted by Gasteiger charge is -2.14. The predicted octanol–water partition coefficient (Wildman–Crippen LogP) is 2.99. The minimum absolute atomic E-state index is 0.202. The number of amides is 1. The Labute approximate surface area is 162 Å². The molecule has 1 amide bonds. The van der Waals surface area contributed by atoms with Crippen LogP contribution in [0.2, 0.25) is 0 Å². The molecule has 0 unspecified atom stereocenters. The van der Waals surface area contributed by atoms with Crippen LogP contribution in [0.15, 0.2) is 40.9 Å². The molecule has 0 saturated heterocycles. The van der Waals surface area contributed by atoms with Crippen molar-refractivity contribution in [2.45, 2.75) is 6.54 Å². The van der Waals surface area contributed by atoms with Crippen molar-refractivity contribution >= 4 is 21.8 Å². The number of nitrogens with one attached hydrogen (secondary N) is 2. The van der Waals surface area contributed by atoms with Gasteiger partial charge in [0.1, 0.15) is 0 Å². The number of rotatable bonds is 9. The van der Waals surface area contributed by atoms with Crippen molar-refractivity contribution in [1.82, 2.24) is 10.6 Å². The second kappa shape index (κ2) is 10.0. The van der Waals surface area contributed by atoms with Crippen molar-refractivity contribution in [3.63, 3.8) is 0 Å². The molecule has 0 bridgehead atoms. The van der Waals surface area contributed by atoms with Crippen molar-refractivity contribution in [3.8, 4) is 17.2 Å². The van der Waals surface area contributed by atoms with Crippen LogP contribution < -0.4 is 24.8 Å². The first kappa shape index (κ1) is 20.1. The lowest BCUT2D eigenvalue weighted by molar-refractivity contribution is 0.0953. The summed E-state index contributed by atoms with van der Waals surface area (Å²) in [6.07, 6.45) is 0. The van der Waals surface area contributed by atoms with Crippen LogP contribution in [0.5, 0.6) is 17.2 Å². The average molecular weight is 423 g/mol. The summed E-state index contributed by atoms with van der Waals surface area (Å²) < 4.78 is 16.9. The van der Waals surface area contributed by atoms with Crippen molar-refractivity contribution in [3.05, 3.63) is 52.0 Å². The fourth-order valence-corrected chi connectivity index (χ4v) is 2.87. The van der Waals surface area contributed by atoms with Crippen LogP contribution in [-0.2, 0) is 6.54 Å². The quantitative estimate of drug-likeness (QED) is 0.607. The highest BCUT2D eigenvalue weighted by atomic mass is 79.9. The molecule has 0 aliphatic carbocycles. The second-order valence-electron chi connectivity index (χ2n) is 5.44. The molecule has 6 nitrogen and oxygen atoms in total. The summed E-state index contributed by atoms with van der Waals surface area (Å²) in [6.45, 7) is 1.87. The maximum Gasteiger partial charge on any atom is 0.251 e. The van der Waals surface area contributed by atoms with Gasteiger partial charge in [0.25, 0.3) is 5.91 Å². The Morgan fingerprint density at radius 2 is 1.65 bits per heavy atom. The molecular weight excluding hydrogens is 400 g/mol. The molecule has 2 aromatic carbocycles. The second-order valence-corrected chi connectivity index (χ2v) is 6.29. The van der Waals surface area contributed by atoms with E-state index in [4.69, 9.17) is 14.2 Å². The van der Waals surface area contributed by atoms with Crippen molar-refractivity contribution in [2.24, 2.45) is 0 Å². The number of halogens is 1. The van der Waals surface area contributed by atoms with Crippen molar-refractivity contribution in [1.29, 1.82) is 0 Å². The maximum atomic E-state index is 12.4. The molecule has 2 N–H and O–H groups in total. The van der Waals surface area contributed by atoms with Gasteiger partial charge < -0.3 is 24.8 Å². The van der Waals surface area contributed by atoms with Crippen LogP contribution >= 0.6 is 15.9 Å². The number of hydrogen-bond donors (Lipinski definition) is 2. The number of benzene rings is 2. The van der Waals surface area contributed by atoms with Gasteiger partial charge in [-0.05, 0) is 23.8 Å². The van der Waals surface area contributed by atoms with Gasteiger partial charge in [-0.1, -0.05) is 34.1 Å². The summed E-state index contributed by atoms with van der Waals surface area (Å²) in [5, 5.41) is 6.17. The standard InChI is InChI=1S/C19H23BrN2O4/c1-24-16-10-14(11-17(25-2)18(16)26-3)19(23)22-9-8-21-12-13-6-4-5-7-15(13)20/h4-7,10-11,21H,8-9,12H2,1-3H3,(H,22,23). The van der Waals surface area contributed by atoms with E-state index in [0.29, 0.717) is 35.9 Å². The third-order valence-electron chi connectivity index (χ3n) is 3.79. The molecular formula is C19H23BrN2O4. The van der Waals surface area contributed by atoms with E-state index in [1.807, 2.05) is 24.3 Å². The Bertz CT molecular complexity index is 727. The van der Waals surface area contributed by atoms with Crippen LogP contribution in [0, 0.1) is 0 Å². The summed E-state index contributed by atoms with van der Waals surface area (Å²) >= 11 is 3.51. The molecule has 0 atom stereocenters. The molecule has 0 spiro atoms. The topological polar surface area (TPSA) is 68.8 Å². The summed E-state index contributed by atoms with van der Waals surface area (Å²) in [4.78, 5) is 12.4. The normalized spacial score (nSPS) is 10.3. The monoisotopic (exact) mass is 422 g/mol. The van der Waals surface area contributed by atoms with Gasteiger partial charge >= 0.3 is 0 Å². The van der Waals surface area contributed by atoms with Crippen LogP contribution in [0.25, 0.3) is 0 Å². The number of carbonyl (C=O) groups is 1. The van der Waals surface area contributed by atoms with E-state index in [9.17, 15) is 4.79 Å². The third kappa shape index (κ3) is 5.12. The zero-order valence-electron chi connectivity index (χ0n) is 15.1. The Morgan fingerprint density at radius 1 is 1.00 bits per heavy atom. The van der Waals surface area contributed by atoms with Gasteiger partial charge in [0.05, 0.1) is 21.3 Å². The first-order valence-electron chi connectivity index (χ1n) is 8.13. The summed E-state index contributed by atoms with van der Waals surface area (Å²) in [5.74, 6) is 1.15. The highest BCUT2D eigenvalue weighted by Gasteiger charge is 2.16. The molecule has 0 fully saturated rings. The Hall–Kier alpha value is -2.25. The van der Waals surface area contributed by atoms with Gasteiger partial charge in [-0.15, -0.1) is 0 Å². The number of ether oxygens (including phenoxy) is 3. The third-order valence-corrected chi connectivity index (χ3v) is 4.56. The summed E-state index contributed by atoms with van der Waals surface area (Å²) in [7, 11) is 4.56. The Kier molecular flexibility index (Phi) is 7.74. The SMILES string of the molecule is COc1cc(C(=O)NCCNCc2ccccc2Br)cc(OC)c1OC. The van der Waals surface area contributed by atoms with E-state index in [-0.39, 0.29) is 5.91 Å². The average Bonchev–Trinajstić information content (AvgIpc) is 2.67. The molecule has 140 valence electrons. The lowest BCUT2D eigenvalue weighted by Crippen LogP contribution is -2.31. The maximum absolute atomic E-state index is 12.4. The van der Waals surface area contributed by atoms with Crippen LogP contribution in [0.3, 0.4) is 0 Å². The van der Waals surface area contributed by atoms with Crippen LogP contribution in [0.1, 0.15) is 15.9 Å². The van der Waals surface area contributed by atoms with E-state index in [1.165, 1.54) is 26.9 Å². The predicted molar refractivity (Wildman–Crippen MR) is 104 cm³/mol. The van der Waals surface area contributed by atoms with E-state index in [1.54, 1.807) is 12.1 Å². The molecule has 0 radical (unpaired) electrons. The molecule has 7 heteroatoms. The molecule has 0 aliphatic heterocycles. The molecule has 0 aliphatic rings. The summed E-state index contributed by atoms with van der Waals surface area (Å²) in [6, 6.07) is 11.3. The van der Waals surface area contributed by atoms with Crippen molar-refractivity contribution in [2.75, 3.05) is 34.4 Å². The van der Waals surface area contributed by atoms with Gasteiger partial charge in [0.15, 0.2) is 11.5 Å². The van der Waals surface area contributed by atoms with E-state index in [0.717, 1.165) is 11.0 Å². The minimum atomic E-state index is -0.202. The number of carbonyl (C=O) groups excluding carboxylic acids is 1. The van der Waals surface area contributed by atoms with Crippen molar-refractivity contribution < 1.29 is 19.0 Å². The van der Waals surface area contributed by atoms with Gasteiger partial charge in [0, 0.05) is 29.7 Å². The lowest BCUT2D eigenvalue weighted by atomic mass is 10.1. The van der Waals surface area contributed by atoms with E-state index < -0.39 is 0 Å². The first-order chi connectivity index (χ1) is 12.6.